The molecule has 0 amide bonds. The maximum absolute atomic E-state index is 12.5. The summed E-state index contributed by atoms with van der Waals surface area (Å²) in [4.78, 5) is 0. The Balaban J connectivity index is 2.23. The Kier molecular flexibility index (Phi) is 4.29. The molecule has 3 atom stereocenters. The van der Waals surface area contributed by atoms with Gasteiger partial charge in [-0.05, 0) is 42.9 Å². The largest absolute Gasteiger partial charge is 0.416 e. The molecule has 21 heavy (non-hydrogen) atoms. The molecule has 0 radical (unpaired) electrons. The Morgan fingerprint density at radius 3 is 2.43 bits per heavy atom. The molecule has 1 fully saturated rings. The molecule has 0 bridgehead atoms. The van der Waals surface area contributed by atoms with Crippen LogP contribution in [-0.2, 0) is 6.18 Å². The van der Waals surface area contributed by atoms with Crippen molar-refractivity contribution in [2.75, 3.05) is 0 Å². The van der Waals surface area contributed by atoms with Gasteiger partial charge in [0, 0.05) is 0 Å². The van der Waals surface area contributed by atoms with E-state index in [1.807, 2.05) is 6.92 Å². The van der Waals surface area contributed by atoms with Crippen LogP contribution in [0.15, 0.2) is 24.3 Å². The number of hydrogen-bond donors (Lipinski definition) is 1. The van der Waals surface area contributed by atoms with Crippen molar-refractivity contribution >= 4 is 0 Å². The van der Waals surface area contributed by atoms with E-state index in [9.17, 15) is 23.5 Å². The van der Waals surface area contributed by atoms with Gasteiger partial charge in [-0.15, -0.1) is 0 Å². The van der Waals surface area contributed by atoms with Gasteiger partial charge >= 0.3 is 6.18 Å². The molecule has 2 rings (SSSR count). The summed E-state index contributed by atoms with van der Waals surface area (Å²) < 4.78 is 37.6. The summed E-state index contributed by atoms with van der Waals surface area (Å²) >= 11 is 0. The predicted molar refractivity (Wildman–Crippen MR) is 72.1 cm³/mol. The van der Waals surface area contributed by atoms with Crippen molar-refractivity contribution in [1.82, 2.24) is 0 Å². The number of hydrogen-bond acceptors (Lipinski definition) is 2. The van der Waals surface area contributed by atoms with Gasteiger partial charge in [0.1, 0.15) is 0 Å². The van der Waals surface area contributed by atoms with Crippen molar-refractivity contribution in [3.63, 3.8) is 0 Å². The Labute approximate surface area is 122 Å². The normalized spacial score (nSPS) is 27.3. The zero-order valence-corrected chi connectivity index (χ0v) is 11.8. The first kappa shape index (κ1) is 15.8. The average molecular weight is 297 g/mol. The molecule has 1 aliphatic carbocycles. The van der Waals surface area contributed by atoms with E-state index in [0.29, 0.717) is 24.3 Å². The molecule has 0 aromatic heterocycles. The van der Waals surface area contributed by atoms with Gasteiger partial charge in [0.2, 0.25) is 0 Å². The lowest BCUT2D eigenvalue weighted by molar-refractivity contribution is -0.137. The standard InChI is InChI=1S/C16H18F3NO/c1-2-11-7-8-15(9-11,10-20)14(21)12-3-5-13(6-4-12)16(17,18)19/h3-6,11,14,21H,2,7-9H2,1H3. The molecule has 2 nitrogen and oxygen atoms in total. The molecular weight excluding hydrogens is 279 g/mol. The highest BCUT2D eigenvalue weighted by molar-refractivity contribution is 5.29. The highest BCUT2D eigenvalue weighted by Crippen LogP contribution is 2.50. The van der Waals surface area contributed by atoms with Crippen LogP contribution in [0.1, 0.15) is 49.8 Å². The van der Waals surface area contributed by atoms with Gasteiger partial charge in [-0.25, -0.2) is 0 Å². The smallest absolute Gasteiger partial charge is 0.387 e. The van der Waals surface area contributed by atoms with Crippen LogP contribution in [-0.4, -0.2) is 5.11 Å². The highest BCUT2D eigenvalue weighted by Gasteiger charge is 2.45. The van der Waals surface area contributed by atoms with Crippen molar-refractivity contribution in [3.05, 3.63) is 35.4 Å². The number of nitrogens with zero attached hydrogens (tertiary/aromatic N) is 1. The first-order valence-corrected chi connectivity index (χ1v) is 7.09. The summed E-state index contributed by atoms with van der Waals surface area (Å²) in [7, 11) is 0. The lowest BCUT2D eigenvalue weighted by atomic mass is 9.77. The quantitative estimate of drug-likeness (QED) is 0.895. The summed E-state index contributed by atoms with van der Waals surface area (Å²) in [6.45, 7) is 2.04. The van der Waals surface area contributed by atoms with Gasteiger partial charge in [0.05, 0.1) is 23.2 Å². The number of rotatable bonds is 3. The lowest BCUT2D eigenvalue weighted by Crippen LogP contribution is -2.24. The minimum Gasteiger partial charge on any atom is -0.387 e. The van der Waals surface area contributed by atoms with Gasteiger partial charge in [0.25, 0.3) is 0 Å². The third-order valence-electron chi connectivity index (χ3n) is 4.53. The van der Waals surface area contributed by atoms with Crippen LogP contribution >= 0.6 is 0 Å². The van der Waals surface area contributed by atoms with Gasteiger partial charge in [-0.2, -0.15) is 18.4 Å². The van der Waals surface area contributed by atoms with Gasteiger partial charge in [-0.1, -0.05) is 25.5 Å². The van der Waals surface area contributed by atoms with Crippen LogP contribution in [0.3, 0.4) is 0 Å². The molecule has 1 aromatic rings. The second-order valence-corrected chi connectivity index (χ2v) is 5.81. The summed E-state index contributed by atoms with van der Waals surface area (Å²) in [5.74, 6) is 0.397. The molecular formula is C16H18F3NO. The summed E-state index contributed by atoms with van der Waals surface area (Å²) in [6, 6.07) is 6.66. The number of nitriles is 1. The molecule has 0 heterocycles. The number of aliphatic hydroxyl groups is 1. The molecule has 1 aromatic carbocycles. The molecule has 1 saturated carbocycles. The average Bonchev–Trinajstić information content (AvgIpc) is 2.90. The lowest BCUT2D eigenvalue weighted by Gasteiger charge is -2.28. The highest BCUT2D eigenvalue weighted by atomic mass is 19.4. The third kappa shape index (κ3) is 3.06. The Morgan fingerprint density at radius 1 is 1.38 bits per heavy atom. The SMILES string of the molecule is CCC1CCC(C#N)(C(O)c2ccc(C(F)(F)F)cc2)C1. The van der Waals surface area contributed by atoms with Gasteiger partial charge in [0.15, 0.2) is 0 Å². The Morgan fingerprint density at radius 2 is 2.00 bits per heavy atom. The minimum absolute atomic E-state index is 0.376. The van der Waals surface area contributed by atoms with Crippen molar-refractivity contribution in [2.45, 2.75) is 44.9 Å². The van der Waals surface area contributed by atoms with E-state index >= 15 is 0 Å². The second-order valence-electron chi connectivity index (χ2n) is 5.81. The first-order valence-electron chi connectivity index (χ1n) is 7.09. The van der Waals surface area contributed by atoms with Crippen molar-refractivity contribution in [1.29, 1.82) is 5.26 Å². The van der Waals surface area contributed by atoms with E-state index < -0.39 is 23.3 Å². The van der Waals surface area contributed by atoms with Crippen LogP contribution in [0.2, 0.25) is 0 Å². The zero-order valence-electron chi connectivity index (χ0n) is 11.8. The molecule has 1 N–H and O–H groups in total. The fraction of sp³-hybridized carbons (Fsp3) is 0.562. The minimum atomic E-state index is -4.39. The van der Waals surface area contributed by atoms with E-state index in [2.05, 4.69) is 6.07 Å². The number of benzene rings is 1. The third-order valence-corrected chi connectivity index (χ3v) is 4.53. The molecule has 1 aliphatic rings. The van der Waals surface area contributed by atoms with Crippen molar-refractivity contribution < 1.29 is 18.3 Å². The zero-order chi connectivity index (χ0) is 15.7. The van der Waals surface area contributed by atoms with E-state index in [1.165, 1.54) is 12.1 Å². The molecule has 5 heteroatoms. The van der Waals surface area contributed by atoms with E-state index in [0.717, 1.165) is 25.0 Å². The van der Waals surface area contributed by atoms with E-state index in [-0.39, 0.29) is 0 Å². The van der Waals surface area contributed by atoms with Gasteiger partial charge in [-0.3, -0.25) is 0 Å². The van der Waals surface area contributed by atoms with Crippen LogP contribution in [0, 0.1) is 22.7 Å². The predicted octanol–water partition coefficient (Wildman–Crippen LogP) is 4.46. The van der Waals surface area contributed by atoms with Crippen LogP contribution < -0.4 is 0 Å². The fourth-order valence-corrected chi connectivity index (χ4v) is 3.11. The van der Waals surface area contributed by atoms with Gasteiger partial charge < -0.3 is 5.11 Å². The first-order chi connectivity index (χ1) is 9.82. The Hall–Kier alpha value is -1.54. The second kappa shape index (κ2) is 5.69. The van der Waals surface area contributed by atoms with E-state index in [4.69, 9.17) is 0 Å². The fourth-order valence-electron chi connectivity index (χ4n) is 3.11. The maximum Gasteiger partial charge on any atom is 0.416 e. The van der Waals surface area contributed by atoms with Crippen LogP contribution in [0.4, 0.5) is 13.2 Å². The summed E-state index contributed by atoms with van der Waals surface area (Å²) in [5.41, 5.74) is -1.25. The number of aliphatic hydroxyl groups excluding tert-OH is 1. The topological polar surface area (TPSA) is 44.0 Å². The van der Waals surface area contributed by atoms with Crippen LogP contribution in [0.25, 0.3) is 0 Å². The summed E-state index contributed by atoms with van der Waals surface area (Å²) in [6.07, 6.45) is -2.42. The van der Waals surface area contributed by atoms with Crippen molar-refractivity contribution in [3.8, 4) is 6.07 Å². The molecule has 0 aliphatic heterocycles. The molecule has 114 valence electrons. The summed E-state index contributed by atoms with van der Waals surface area (Å²) in [5, 5.41) is 19.9. The molecule has 0 spiro atoms. The monoisotopic (exact) mass is 297 g/mol. The van der Waals surface area contributed by atoms with E-state index in [1.54, 1.807) is 0 Å². The number of halogens is 3. The maximum atomic E-state index is 12.5. The van der Waals surface area contributed by atoms with Crippen LogP contribution in [0.5, 0.6) is 0 Å². The molecule has 0 saturated heterocycles. The Bertz CT molecular complexity index is 532. The number of alkyl halides is 3. The van der Waals surface area contributed by atoms with Crippen molar-refractivity contribution in [2.24, 2.45) is 11.3 Å². The molecule has 3 unspecified atom stereocenters.